The monoisotopic (exact) mass is 323 g/mol. The molecule has 1 atom stereocenters. The summed E-state index contributed by atoms with van der Waals surface area (Å²) in [6.45, 7) is 0. The summed E-state index contributed by atoms with van der Waals surface area (Å²) in [6.07, 6.45) is 3.48. The van der Waals surface area contributed by atoms with Crippen LogP contribution in [0.1, 0.15) is 35.6 Å². The Kier molecular flexibility index (Phi) is 4.79. The first kappa shape index (κ1) is 16.1. The minimum atomic E-state index is -0.644. The molecule has 3 amide bonds. The maximum absolute atomic E-state index is 12.4. The summed E-state index contributed by atoms with van der Waals surface area (Å²) >= 11 is 0. The fourth-order valence-electron chi connectivity index (χ4n) is 3.16. The van der Waals surface area contributed by atoms with E-state index in [0.29, 0.717) is 0 Å². The van der Waals surface area contributed by atoms with Gasteiger partial charge in [0.1, 0.15) is 0 Å². The minimum absolute atomic E-state index is 0.129. The molecular weight excluding hydrogens is 302 g/mol. The van der Waals surface area contributed by atoms with E-state index in [-0.39, 0.29) is 12.3 Å². The third kappa shape index (κ3) is 3.93. The molecule has 0 aliphatic heterocycles. The second kappa shape index (κ2) is 7.17. The van der Waals surface area contributed by atoms with Crippen molar-refractivity contribution < 1.29 is 9.59 Å². The van der Waals surface area contributed by atoms with Crippen molar-refractivity contribution in [3.8, 4) is 0 Å². The van der Waals surface area contributed by atoms with E-state index < -0.39 is 12.1 Å². The lowest BCUT2D eigenvalue weighted by molar-refractivity contribution is -0.116. The SMILES string of the molecule is NC(=O)N[C@H](CC(=O)Nc1ccc2c(c1)CCC2)c1ccccc1. The smallest absolute Gasteiger partial charge is 0.312 e. The predicted octanol–water partition coefficient (Wildman–Crippen LogP) is 2.91. The van der Waals surface area contributed by atoms with Gasteiger partial charge in [-0.05, 0) is 48.1 Å². The van der Waals surface area contributed by atoms with Crippen LogP contribution >= 0.6 is 0 Å². The molecule has 4 N–H and O–H groups in total. The molecule has 1 aliphatic carbocycles. The number of benzene rings is 2. The fourth-order valence-corrected chi connectivity index (χ4v) is 3.16. The highest BCUT2D eigenvalue weighted by atomic mass is 16.2. The van der Waals surface area contributed by atoms with Gasteiger partial charge in [0.2, 0.25) is 5.91 Å². The Bertz CT molecular complexity index is 744. The van der Waals surface area contributed by atoms with Crippen LogP contribution in [0.15, 0.2) is 48.5 Å². The van der Waals surface area contributed by atoms with Gasteiger partial charge in [0, 0.05) is 5.69 Å². The van der Waals surface area contributed by atoms with Crippen LogP contribution in [0.25, 0.3) is 0 Å². The standard InChI is InChI=1S/C19H21N3O2/c20-19(24)22-17(14-5-2-1-3-6-14)12-18(23)21-16-10-9-13-7-4-8-15(13)11-16/h1-3,5-6,9-11,17H,4,7-8,12H2,(H,21,23)(H3,20,22,24)/t17-/m1/s1. The largest absolute Gasteiger partial charge is 0.352 e. The molecule has 5 heteroatoms. The summed E-state index contributed by atoms with van der Waals surface area (Å²) in [5.74, 6) is -0.157. The average molecular weight is 323 g/mol. The highest BCUT2D eigenvalue weighted by molar-refractivity contribution is 5.91. The third-order valence-electron chi connectivity index (χ3n) is 4.29. The third-order valence-corrected chi connectivity index (χ3v) is 4.29. The molecule has 0 saturated heterocycles. The molecule has 1 aliphatic rings. The van der Waals surface area contributed by atoms with Crippen molar-refractivity contribution in [2.75, 3.05) is 5.32 Å². The number of fused-ring (bicyclic) bond motifs is 1. The first-order valence-electron chi connectivity index (χ1n) is 8.14. The van der Waals surface area contributed by atoms with Gasteiger partial charge < -0.3 is 16.4 Å². The van der Waals surface area contributed by atoms with Crippen molar-refractivity contribution in [1.82, 2.24) is 5.32 Å². The van der Waals surface area contributed by atoms with Gasteiger partial charge in [-0.3, -0.25) is 4.79 Å². The molecule has 24 heavy (non-hydrogen) atoms. The van der Waals surface area contributed by atoms with Crippen molar-refractivity contribution in [2.45, 2.75) is 31.7 Å². The van der Waals surface area contributed by atoms with E-state index in [4.69, 9.17) is 5.73 Å². The number of hydrogen-bond acceptors (Lipinski definition) is 2. The second-order valence-electron chi connectivity index (χ2n) is 6.06. The number of urea groups is 1. The number of hydrogen-bond donors (Lipinski definition) is 3. The Labute approximate surface area is 141 Å². The molecule has 0 heterocycles. The lowest BCUT2D eigenvalue weighted by Gasteiger charge is -2.18. The molecule has 0 saturated carbocycles. The fraction of sp³-hybridized carbons (Fsp3) is 0.263. The Balaban J connectivity index is 1.68. The Morgan fingerprint density at radius 2 is 1.79 bits per heavy atom. The average Bonchev–Trinajstić information content (AvgIpc) is 3.02. The lowest BCUT2D eigenvalue weighted by atomic mass is 10.0. The van der Waals surface area contributed by atoms with E-state index in [1.807, 2.05) is 42.5 Å². The maximum Gasteiger partial charge on any atom is 0.312 e. The van der Waals surface area contributed by atoms with Crippen LogP contribution in [-0.2, 0) is 17.6 Å². The Morgan fingerprint density at radius 1 is 1.04 bits per heavy atom. The number of amides is 3. The second-order valence-corrected chi connectivity index (χ2v) is 6.06. The van der Waals surface area contributed by atoms with Gasteiger partial charge in [-0.25, -0.2) is 4.79 Å². The van der Waals surface area contributed by atoms with E-state index in [0.717, 1.165) is 24.1 Å². The van der Waals surface area contributed by atoms with E-state index in [2.05, 4.69) is 16.7 Å². The summed E-state index contributed by atoms with van der Waals surface area (Å²) in [5, 5.41) is 5.55. The summed E-state index contributed by atoms with van der Waals surface area (Å²) in [7, 11) is 0. The number of primary amides is 1. The first-order chi connectivity index (χ1) is 11.6. The van der Waals surface area contributed by atoms with Gasteiger partial charge in [0.25, 0.3) is 0 Å². The van der Waals surface area contributed by atoms with Crippen LogP contribution < -0.4 is 16.4 Å². The van der Waals surface area contributed by atoms with Gasteiger partial charge in [-0.2, -0.15) is 0 Å². The number of carbonyl (C=O) groups excluding carboxylic acids is 2. The highest BCUT2D eigenvalue weighted by Crippen LogP contribution is 2.25. The van der Waals surface area contributed by atoms with Crippen LogP contribution in [0.3, 0.4) is 0 Å². The van der Waals surface area contributed by atoms with E-state index in [9.17, 15) is 9.59 Å². The number of nitrogens with one attached hydrogen (secondary N) is 2. The predicted molar refractivity (Wildman–Crippen MR) is 93.6 cm³/mol. The molecule has 0 spiro atoms. The lowest BCUT2D eigenvalue weighted by Crippen LogP contribution is -2.35. The molecule has 124 valence electrons. The number of anilines is 1. The van der Waals surface area contributed by atoms with Crippen molar-refractivity contribution in [1.29, 1.82) is 0 Å². The normalized spacial score (nSPS) is 13.8. The van der Waals surface area contributed by atoms with Crippen molar-refractivity contribution in [3.63, 3.8) is 0 Å². The van der Waals surface area contributed by atoms with E-state index >= 15 is 0 Å². The molecule has 3 rings (SSSR count). The zero-order chi connectivity index (χ0) is 16.9. The molecule has 0 unspecified atom stereocenters. The molecule has 2 aromatic rings. The van der Waals surface area contributed by atoms with Crippen LogP contribution in [0.2, 0.25) is 0 Å². The molecule has 0 radical (unpaired) electrons. The van der Waals surface area contributed by atoms with Gasteiger partial charge in [-0.1, -0.05) is 36.4 Å². The molecular formula is C19H21N3O2. The number of nitrogens with two attached hydrogens (primary N) is 1. The number of rotatable bonds is 5. The van der Waals surface area contributed by atoms with Crippen LogP contribution in [0.5, 0.6) is 0 Å². The number of aryl methyl sites for hydroxylation is 2. The highest BCUT2D eigenvalue weighted by Gasteiger charge is 2.18. The summed E-state index contributed by atoms with van der Waals surface area (Å²) < 4.78 is 0. The van der Waals surface area contributed by atoms with Crippen molar-refractivity contribution in [2.24, 2.45) is 5.73 Å². The van der Waals surface area contributed by atoms with E-state index in [1.54, 1.807) is 0 Å². The zero-order valence-corrected chi connectivity index (χ0v) is 13.4. The van der Waals surface area contributed by atoms with Gasteiger partial charge in [0.05, 0.1) is 12.5 Å². The van der Waals surface area contributed by atoms with Crippen LogP contribution in [0, 0.1) is 0 Å². The molecule has 2 aromatic carbocycles. The van der Waals surface area contributed by atoms with E-state index in [1.165, 1.54) is 17.5 Å². The molecule has 0 aromatic heterocycles. The molecule has 0 bridgehead atoms. The maximum atomic E-state index is 12.4. The van der Waals surface area contributed by atoms with Crippen LogP contribution in [0.4, 0.5) is 10.5 Å². The first-order valence-corrected chi connectivity index (χ1v) is 8.14. The summed E-state index contributed by atoms with van der Waals surface area (Å²) in [4.78, 5) is 23.6. The summed E-state index contributed by atoms with van der Waals surface area (Å²) in [5.41, 5.74) is 9.56. The van der Waals surface area contributed by atoms with Gasteiger partial charge in [0.15, 0.2) is 0 Å². The Morgan fingerprint density at radius 3 is 2.54 bits per heavy atom. The zero-order valence-electron chi connectivity index (χ0n) is 13.4. The van der Waals surface area contributed by atoms with Gasteiger partial charge in [-0.15, -0.1) is 0 Å². The van der Waals surface area contributed by atoms with Crippen LogP contribution in [-0.4, -0.2) is 11.9 Å². The van der Waals surface area contributed by atoms with Crippen molar-refractivity contribution >= 4 is 17.6 Å². The number of carbonyl (C=O) groups is 2. The summed E-state index contributed by atoms with van der Waals surface area (Å²) in [6, 6.07) is 14.3. The molecule has 0 fully saturated rings. The van der Waals surface area contributed by atoms with Gasteiger partial charge >= 0.3 is 6.03 Å². The Hall–Kier alpha value is -2.82. The topological polar surface area (TPSA) is 84.2 Å². The quantitative estimate of drug-likeness (QED) is 0.790. The van der Waals surface area contributed by atoms with Crippen molar-refractivity contribution in [3.05, 3.63) is 65.2 Å². The molecule has 5 nitrogen and oxygen atoms in total. The minimum Gasteiger partial charge on any atom is -0.352 e.